The second-order valence-electron chi connectivity index (χ2n) is 6.23. The first-order chi connectivity index (χ1) is 11.8. The lowest BCUT2D eigenvalue weighted by Gasteiger charge is -2.21. The minimum Gasteiger partial charge on any atom is -0.445 e. The molecule has 138 valence electrons. The third-order valence-electron chi connectivity index (χ3n) is 3.53. The maximum Gasteiger partial charge on any atom is 0.408 e. The van der Waals surface area contributed by atoms with Crippen LogP contribution in [0.5, 0.6) is 0 Å². The van der Waals surface area contributed by atoms with Gasteiger partial charge < -0.3 is 20.7 Å². The molecule has 0 aromatic heterocycles. The van der Waals surface area contributed by atoms with Crippen LogP contribution in [-0.4, -0.2) is 37.0 Å². The molecule has 0 unspecified atom stereocenters. The Labute approximate surface area is 148 Å². The first-order valence-corrected chi connectivity index (χ1v) is 8.32. The van der Waals surface area contributed by atoms with Gasteiger partial charge in [0.2, 0.25) is 11.8 Å². The van der Waals surface area contributed by atoms with Gasteiger partial charge in [0.05, 0.1) is 0 Å². The van der Waals surface area contributed by atoms with Gasteiger partial charge in [-0.05, 0) is 24.8 Å². The summed E-state index contributed by atoms with van der Waals surface area (Å²) < 4.78 is 5.08. The molecule has 0 heterocycles. The molecule has 0 saturated heterocycles. The molecule has 0 radical (unpaired) electrons. The molecule has 0 spiro atoms. The van der Waals surface area contributed by atoms with Crippen molar-refractivity contribution in [1.29, 1.82) is 0 Å². The van der Waals surface area contributed by atoms with E-state index in [0.717, 1.165) is 5.56 Å². The van der Waals surface area contributed by atoms with E-state index in [1.165, 1.54) is 14.0 Å². The molecule has 1 rings (SSSR count). The predicted molar refractivity (Wildman–Crippen MR) is 94.7 cm³/mol. The smallest absolute Gasteiger partial charge is 0.408 e. The Hall–Kier alpha value is -2.57. The summed E-state index contributed by atoms with van der Waals surface area (Å²) in [6.45, 7) is 5.58. The van der Waals surface area contributed by atoms with Crippen molar-refractivity contribution in [1.82, 2.24) is 16.0 Å². The van der Waals surface area contributed by atoms with E-state index in [2.05, 4.69) is 16.0 Å². The van der Waals surface area contributed by atoms with Crippen molar-refractivity contribution < 1.29 is 19.1 Å². The van der Waals surface area contributed by atoms with Crippen molar-refractivity contribution >= 4 is 17.9 Å². The molecule has 7 heteroatoms. The third-order valence-corrected chi connectivity index (χ3v) is 3.53. The van der Waals surface area contributed by atoms with Crippen LogP contribution < -0.4 is 16.0 Å². The number of hydrogen-bond acceptors (Lipinski definition) is 4. The molecule has 0 aliphatic carbocycles. The molecule has 0 aliphatic heterocycles. The highest BCUT2D eigenvalue weighted by Crippen LogP contribution is 2.05. The van der Waals surface area contributed by atoms with Gasteiger partial charge in [0.1, 0.15) is 18.7 Å². The fourth-order valence-electron chi connectivity index (χ4n) is 2.18. The van der Waals surface area contributed by atoms with Gasteiger partial charge in [0.15, 0.2) is 0 Å². The summed E-state index contributed by atoms with van der Waals surface area (Å²) in [4.78, 5) is 35.8. The lowest BCUT2D eigenvalue weighted by atomic mass is 10.0. The SMILES string of the molecule is CNC(=O)[C@H](CC(C)C)NC(=O)[C@H](C)NC(=O)OCc1ccccc1. The number of alkyl carbamates (subject to hydrolysis) is 1. The van der Waals surface area contributed by atoms with E-state index < -0.39 is 24.1 Å². The van der Waals surface area contributed by atoms with Crippen LogP contribution in [0, 0.1) is 5.92 Å². The minimum atomic E-state index is -0.817. The number of likely N-dealkylation sites (N-methyl/N-ethyl adjacent to an activating group) is 1. The lowest BCUT2D eigenvalue weighted by molar-refractivity contribution is -0.129. The van der Waals surface area contributed by atoms with Crippen LogP contribution in [0.15, 0.2) is 30.3 Å². The maximum atomic E-state index is 12.2. The Morgan fingerprint density at radius 1 is 1.00 bits per heavy atom. The standard InChI is InChI=1S/C18H27N3O4/c1-12(2)10-15(17(23)19-4)21-16(22)13(3)20-18(24)25-11-14-8-6-5-7-9-14/h5-9,12-13,15H,10-11H2,1-4H3,(H,19,23)(H,20,24)(H,21,22)/t13-,15-/m0/s1. The van der Waals surface area contributed by atoms with Crippen molar-refractivity contribution in [2.45, 2.75) is 45.9 Å². The first-order valence-electron chi connectivity index (χ1n) is 8.32. The van der Waals surface area contributed by atoms with Gasteiger partial charge in [-0.15, -0.1) is 0 Å². The number of benzene rings is 1. The van der Waals surface area contributed by atoms with Crippen molar-refractivity contribution in [3.8, 4) is 0 Å². The number of rotatable bonds is 8. The summed E-state index contributed by atoms with van der Waals surface area (Å²) in [6, 6.07) is 7.79. The highest BCUT2D eigenvalue weighted by Gasteiger charge is 2.24. The Bertz CT molecular complexity index is 575. The predicted octanol–water partition coefficient (Wildman–Crippen LogP) is 1.58. The van der Waals surface area contributed by atoms with Gasteiger partial charge in [0.25, 0.3) is 0 Å². The summed E-state index contributed by atoms with van der Waals surface area (Å²) in [5.41, 5.74) is 0.853. The van der Waals surface area contributed by atoms with E-state index in [1.807, 2.05) is 44.2 Å². The number of carbonyl (C=O) groups is 3. The quantitative estimate of drug-likeness (QED) is 0.664. The van der Waals surface area contributed by atoms with E-state index in [4.69, 9.17) is 4.74 Å². The largest absolute Gasteiger partial charge is 0.445 e. The number of amides is 3. The molecule has 25 heavy (non-hydrogen) atoms. The summed E-state index contributed by atoms with van der Waals surface area (Å²) in [5.74, 6) is -0.464. The molecule has 3 N–H and O–H groups in total. The molecule has 1 aromatic rings. The van der Waals surface area contributed by atoms with Gasteiger partial charge in [-0.1, -0.05) is 44.2 Å². The Balaban J connectivity index is 2.48. The zero-order valence-electron chi connectivity index (χ0n) is 15.2. The van der Waals surface area contributed by atoms with E-state index in [0.29, 0.717) is 6.42 Å². The van der Waals surface area contributed by atoms with E-state index in [-0.39, 0.29) is 18.4 Å². The zero-order chi connectivity index (χ0) is 18.8. The minimum absolute atomic E-state index is 0.120. The van der Waals surface area contributed by atoms with Gasteiger partial charge >= 0.3 is 6.09 Å². The zero-order valence-corrected chi connectivity index (χ0v) is 15.2. The average Bonchev–Trinajstić information content (AvgIpc) is 2.59. The van der Waals surface area contributed by atoms with Crippen molar-refractivity contribution in [3.05, 3.63) is 35.9 Å². The second kappa shape index (κ2) is 10.3. The topological polar surface area (TPSA) is 96.5 Å². The van der Waals surface area contributed by atoms with E-state index in [9.17, 15) is 14.4 Å². The van der Waals surface area contributed by atoms with Crippen LogP contribution in [0.3, 0.4) is 0 Å². The summed E-state index contributed by atoms with van der Waals surface area (Å²) in [6.07, 6.45) is -0.178. The van der Waals surface area contributed by atoms with E-state index >= 15 is 0 Å². The fourth-order valence-corrected chi connectivity index (χ4v) is 2.18. The molecular formula is C18H27N3O4. The highest BCUT2D eigenvalue weighted by atomic mass is 16.5. The van der Waals surface area contributed by atoms with Crippen LogP contribution in [-0.2, 0) is 20.9 Å². The molecule has 1 aromatic carbocycles. The van der Waals surface area contributed by atoms with Crippen LogP contribution in [0.2, 0.25) is 0 Å². The number of hydrogen-bond donors (Lipinski definition) is 3. The number of ether oxygens (including phenoxy) is 1. The van der Waals surface area contributed by atoms with Crippen LogP contribution in [0.25, 0.3) is 0 Å². The van der Waals surface area contributed by atoms with Gasteiger partial charge in [0, 0.05) is 7.05 Å². The molecule has 0 bridgehead atoms. The van der Waals surface area contributed by atoms with Crippen LogP contribution >= 0.6 is 0 Å². The molecule has 7 nitrogen and oxygen atoms in total. The summed E-state index contributed by atoms with van der Waals surface area (Å²) in [7, 11) is 1.52. The maximum absolute atomic E-state index is 12.2. The summed E-state index contributed by atoms with van der Waals surface area (Å²) >= 11 is 0. The second-order valence-corrected chi connectivity index (χ2v) is 6.23. The number of carbonyl (C=O) groups excluding carboxylic acids is 3. The monoisotopic (exact) mass is 349 g/mol. The Morgan fingerprint density at radius 2 is 1.64 bits per heavy atom. The van der Waals surface area contributed by atoms with Crippen LogP contribution in [0.1, 0.15) is 32.8 Å². The fraction of sp³-hybridized carbons (Fsp3) is 0.500. The molecule has 3 amide bonds. The van der Waals surface area contributed by atoms with E-state index in [1.54, 1.807) is 0 Å². The van der Waals surface area contributed by atoms with Crippen LogP contribution in [0.4, 0.5) is 4.79 Å². The Morgan fingerprint density at radius 3 is 2.20 bits per heavy atom. The highest BCUT2D eigenvalue weighted by molar-refractivity contribution is 5.90. The lowest BCUT2D eigenvalue weighted by Crippen LogP contribution is -2.52. The molecule has 0 aliphatic rings. The third kappa shape index (κ3) is 7.69. The Kier molecular flexibility index (Phi) is 8.46. The number of nitrogens with one attached hydrogen (secondary N) is 3. The molecule has 0 saturated carbocycles. The normalized spacial score (nSPS) is 12.8. The molecular weight excluding hydrogens is 322 g/mol. The summed E-state index contributed by atoms with van der Waals surface area (Å²) in [5, 5.41) is 7.65. The van der Waals surface area contributed by atoms with Crippen molar-refractivity contribution in [3.63, 3.8) is 0 Å². The van der Waals surface area contributed by atoms with Gasteiger partial charge in [-0.25, -0.2) is 4.79 Å². The average molecular weight is 349 g/mol. The molecule has 2 atom stereocenters. The van der Waals surface area contributed by atoms with Crippen molar-refractivity contribution in [2.75, 3.05) is 7.05 Å². The van der Waals surface area contributed by atoms with Crippen molar-refractivity contribution in [2.24, 2.45) is 5.92 Å². The van der Waals surface area contributed by atoms with Gasteiger partial charge in [-0.3, -0.25) is 9.59 Å². The first kappa shape index (κ1) is 20.5. The molecule has 0 fully saturated rings. The van der Waals surface area contributed by atoms with Gasteiger partial charge in [-0.2, -0.15) is 0 Å².